The van der Waals surface area contributed by atoms with Crippen LogP contribution in [0, 0.1) is 0 Å². The van der Waals surface area contributed by atoms with E-state index in [4.69, 9.17) is 10.5 Å². The smallest absolute Gasteiger partial charge is 0.404 e. The van der Waals surface area contributed by atoms with E-state index in [1.165, 1.54) is 0 Å². The highest BCUT2D eigenvalue weighted by Crippen LogP contribution is 2.15. The quantitative estimate of drug-likeness (QED) is 0.632. The van der Waals surface area contributed by atoms with Gasteiger partial charge in [-0.1, -0.05) is 0 Å². The number of morpholine rings is 1. The molecule has 1 amide bonds. The average Bonchev–Trinajstić information content (AvgIpc) is 1.99. The van der Waals surface area contributed by atoms with Crippen molar-refractivity contribution in [3.63, 3.8) is 0 Å². The molecule has 1 unspecified atom stereocenters. The van der Waals surface area contributed by atoms with Crippen molar-refractivity contribution in [2.24, 2.45) is 5.73 Å². The molecule has 1 saturated heterocycles. The number of hydrogen-bond acceptors (Lipinski definition) is 4. The standard InChI is InChI=1S/C8H16N2O3/c1-8(2)5-10-3-6(13-8)4-12-7(9)11/h6,10H,3-5H2,1-2H3,(H2,9,11). The Morgan fingerprint density at radius 3 is 3.00 bits per heavy atom. The van der Waals surface area contributed by atoms with Crippen LogP contribution in [0.15, 0.2) is 0 Å². The zero-order valence-electron chi connectivity index (χ0n) is 8.00. The predicted molar refractivity (Wildman–Crippen MR) is 47.4 cm³/mol. The highest BCUT2D eigenvalue weighted by Gasteiger charge is 2.28. The van der Waals surface area contributed by atoms with Crippen molar-refractivity contribution < 1.29 is 14.3 Å². The fraction of sp³-hybridized carbons (Fsp3) is 0.875. The summed E-state index contributed by atoms with van der Waals surface area (Å²) in [5, 5.41) is 3.19. The van der Waals surface area contributed by atoms with Crippen LogP contribution < -0.4 is 11.1 Å². The predicted octanol–water partition coefficient (Wildman–Crippen LogP) is -0.151. The Bertz CT molecular complexity index is 194. The average molecular weight is 188 g/mol. The SMILES string of the molecule is CC1(C)CNCC(COC(N)=O)O1. The van der Waals surface area contributed by atoms with Crippen LogP contribution in [0.2, 0.25) is 0 Å². The van der Waals surface area contributed by atoms with Crippen molar-refractivity contribution in [2.45, 2.75) is 25.6 Å². The molecule has 1 rings (SSSR count). The molecule has 0 aliphatic carbocycles. The maximum Gasteiger partial charge on any atom is 0.404 e. The van der Waals surface area contributed by atoms with Gasteiger partial charge in [0.25, 0.3) is 0 Å². The number of carbonyl (C=O) groups is 1. The highest BCUT2D eigenvalue weighted by molar-refractivity contribution is 5.64. The van der Waals surface area contributed by atoms with Gasteiger partial charge in [0.2, 0.25) is 0 Å². The van der Waals surface area contributed by atoms with Crippen LogP contribution in [-0.4, -0.2) is 37.5 Å². The lowest BCUT2D eigenvalue weighted by Gasteiger charge is -2.36. The van der Waals surface area contributed by atoms with E-state index in [9.17, 15) is 4.79 Å². The third kappa shape index (κ3) is 3.61. The molecule has 1 heterocycles. The molecule has 5 nitrogen and oxygen atoms in total. The van der Waals surface area contributed by atoms with Gasteiger partial charge in [0.15, 0.2) is 0 Å². The van der Waals surface area contributed by atoms with Gasteiger partial charge in [-0.3, -0.25) is 0 Å². The molecule has 0 spiro atoms. The third-order valence-corrected chi connectivity index (χ3v) is 1.82. The van der Waals surface area contributed by atoms with Gasteiger partial charge in [0.1, 0.15) is 12.7 Å². The summed E-state index contributed by atoms with van der Waals surface area (Å²) in [6, 6.07) is 0. The minimum absolute atomic E-state index is 0.101. The number of ether oxygens (including phenoxy) is 2. The summed E-state index contributed by atoms with van der Waals surface area (Å²) in [5.41, 5.74) is 4.64. The minimum atomic E-state index is -0.757. The zero-order chi connectivity index (χ0) is 9.90. The van der Waals surface area contributed by atoms with E-state index < -0.39 is 6.09 Å². The number of amides is 1. The molecule has 0 aromatic heterocycles. The molecule has 1 fully saturated rings. The Morgan fingerprint density at radius 2 is 2.46 bits per heavy atom. The molecule has 13 heavy (non-hydrogen) atoms. The summed E-state index contributed by atoms with van der Waals surface area (Å²) in [5.74, 6) is 0. The number of primary amides is 1. The van der Waals surface area contributed by atoms with E-state index in [0.717, 1.165) is 6.54 Å². The topological polar surface area (TPSA) is 73.6 Å². The van der Waals surface area contributed by atoms with Gasteiger partial charge in [-0.15, -0.1) is 0 Å². The van der Waals surface area contributed by atoms with Gasteiger partial charge in [-0.05, 0) is 13.8 Å². The summed E-state index contributed by atoms with van der Waals surface area (Å²) in [6.45, 7) is 5.68. The summed E-state index contributed by atoms with van der Waals surface area (Å²) in [6.07, 6.45) is -0.858. The maximum absolute atomic E-state index is 10.3. The first kappa shape index (κ1) is 10.3. The van der Waals surface area contributed by atoms with Gasteiger partial charge < -0.3 is 20.5 Å². The Balaban J connectivity index is 2.30. The normalized spacial score (nSPS) is 26.8. The van der Waals surface area contributed by atoms with Crippen molar-refractivity contribution in [3.8, 4) is 0 Å². The number of nitrogens with one attached hydrogen (secondary N) is 1. The van der Waals surface area contributed by atoms with E-state index in [-0.39, 0.29) is 18.3 Å². The highest BCUT2D eigenvalue weighted by atomic mass is 16.6. The molecule has 0 aromatic rings. The van der Waals surface area contributed by atoms with Gasteiger partial charge in [-0.25, -0.2) is 4.79 Å². The molecular weight excluding hydrogens is 172 g/mol. The zero-order valence-corrected chi connectivity index (χ0v) is 8.00. The van der Waals surface area contributed by atoms with Crippen molar-refractivity contribution in [3.05, 3.63) is 0 Å². The Kier molecular flexibility index (Phi) is 3.11. The monoisotopic (exact) mass is 188 g/mol. The van der Waals surface area contributed by atoms with Gasteiger partial charge in [0.05, 0.1) is 5.60 Å². The first-order valence-electron chi connectivity index (χ1n) is 4.30. The molecule has 0 aromatic carbocycles. The van der Waals surface area contributed by atoms with Crippen molar-refractivity contribution in [1.82, 2.24) is 5.32 Å². The van der Waals surface area contributed by atoms with E-state index in [2.05, 4.69) is 10.1 Å². The summed E-state index contributed by atoms with van der Waals surface area (Å²) in [4.78, 5) is 10.3. The molecule has 0 saturated carbocycles. The third-order valence-electron chi connectivity index (χ3n) is 1.82. The van der Waals surface area contributed by atoms with E-state index in [1.54, 1.807) is 0 Å². The maximum atomic E-state index is 10.3. The first-order valence-corrected chi connectivity index (χ1v) is 4.30. The molecule has 1 aliphatic heterocycles. The molecule has 76 valence electrons. The second-order valence-corrected chi connectivity index (χ2v) is 3.76. The Labute approximate surface area is 77.6 Å². The van der Waals surface area contributed by atoms with E-state index >= 15 is 0 Å². The van der Waals surface area contributed by atoms with Gasteiger partial charge in [0, 0.05) is 13.1 Å². The number of nitrogens with two attached hydrogens (primary N) is 1. The molecule has 3 N–H and O–H groups in total. The summed E-state index contributed by atoms with van der Waals surface area (Å²) >= 11 is 0. The van der Waals surface area contributed by atoms with Crippen molar-refractivity contribution in [1.29, 1.82) is 0 Å². The van der Waals surface area contributed by atoms with Crippen molar-refractivity contribution in [2.75, 3.05) is 19.7 Å². The van der Waals surface area contributed by atoms with Gasteiger partial charge in [-0.2, -0.15) is 0 Å². The van der Waals surface area contributed by atoms with Crippen LogP contribution in [0.4, 0.5) is 4.79 Å². The van der Waals surface area contributed by atoms with Crippen LogP contribution in [-0.2, 0) is 9.47 Å². The van der Waals surface area contributed by atoms with E-state index in [0.29, 0.717) is 6.54 Å². The second-order valence-electron chi connectivity index (χ2n) is 3.76. The lowest BCUT2D eigenvalue weighted by molar-refractivity contribution is -0.110. The molecule has 1 aliphatic rings. The van der Waals surface area contributed by atoms with E-state index in [1.807, 2.05) is 13.8 Å². The number of hydrogen-bond donors (Lipinski definition) is 2. The van der Waals surface area contributed by atoms with Crippen molar-refractivity contribution >= 4 is 6.09 Å². The molecule has 0 bridgehead atoms. The van der Waals surface area contributed by atoms with Crippen LogP contribution in [0.25, 0.3) is 0 Å². The summed E-state index contributed by atoms with van der Waals surface area (Å²) < 4.78 is 10.3. The van der Waals surface area contributed by atoms with Gasteiger partial charge >= 0.3 is 6.09 Å². The molecule has 1 atom stereocenters. The lowest BCUT2D eigenvalue weighted by Crippen LogP contribution is -2.52. The second kappa shape index (κ2) is 3.93. The largest absolute Gasteiger partial charge is 0.447 e. The molecule has 5 heteroatoms. The lowest BCUT2D eigenvalue weighted by atomic mass is 10.1. The Hall–Kier alpha value is -0.810. The number of rotatable bonds is 2. The fourth-order valence-corrected chi connectivity index (χ4v) is 1.34. The van der Waals surface area contributed by atoms with Crippen LogP contribution in [0.3, 0.4) is 0 Å². The summed E-state index contributed by atoms with van der Waals surface area (Å²) in [7, 11) is 0. The van der Waals surface area contributed by atoms with Crippen LogP contribution >= 0.6 is 0 Å². The van der Waals surface area contributed by atoms with Crippen LogP contribution in [0.5, 0.6) is 0 Å². The Morgan fingerprint density at radius 1 is 1.77 bits per heavy atom. The minimum Gasteiger partial charge on any atom is -0.447 e. The molecular formula is C8H16N2O3. The van der Waals surface area contributed by atoms with Crippen LogP contribution in [0.1, 0.15) is 13.8 Å². The fourth-order valence-electron chi connectivity index (χ4n) is 1.34. The number of carbonyl (C=O) groups excluding carboxylic acids is 1. The molecule has 0 radical (unpaired) electrons. The first-order chi connectivity index (χ1) is 5.99.